The molecule has 2 amide bonds. The van der Waals surface area contributed by atoms with E-state index in [1.807, 2.05) is 6.07 Å². The van der Waals surface area contributed by atoms with Gasteiger partial charge in [0.2, 0.25) is 0 Å². The predicted molar refractivity (Wildman–Crippen MR) is 104 cm³/mol. The standard InChI is InChI=1S/C21H16F3N5O/c1-12-17(11-26)19(16-7-6-13(10-25)8-18(16)27)28(2)20(30)29(12)15-5-3-4-14(9-15)21(22,23)24/h3-9,19H,27H2,1-2H3/t19-/m1/s1. The molecule has 0 saturated carbocycles. The minimum Gasteiger partial charge on any atom is -0.398 e. The van der Waals surface area contributed by atoms with Crippen molar-refractivity contribution in [3.8, 4) is 12.1 Å². The first kappa shape index (κ1) is 20.7. The fraction of sp³-hybridized carbons (Fsp3) is 0.190. The van der Waals surface area contributed by atoms with Crippen molar-refractivity contribution >= 4 is 17.4 Å². The van der Waals surface area contributed by atoms with Gasteiger partial charge in [0.1, 0.15) is 0 Å². The van der Waals surface area contributed by atoms with Crippen LogP contribution >= 0.6 is 0 Å². The van der Waals surface area contributed by atoms with Crippen LogP contribution in [0, 0.1) is 22.7 Å². The van der Waals surface area contributed by atoms with Gasteiger partial charge >= 0.3 is 12.2 Å². The van der Waals surface area contributed by atoms with Crippen LogP contribution in [0.4, 0.5) is 29.3 Å². The maximum atomic E-state index is 13.1. The Kier molecular flexibility index (Phi) is 5.15. The summed E-state index contributed by atoms with van der Waals surface area (Å²) in [7, 11) is 1.44. The monoisotopic (exact) mass is 411 g/mol. The molecule has 152 valence electrons. The molecule has 0 spiro atoms. The number of halogens is 3. The van der Waals surface area contributed by atoms with Crippen LogP contribution in [0.25, 0.3) is 0 Å². The summed E-state index contributed by atoms with van der Waals surface area (Å²) in [5, 5.41) is 18.8. The van der Waals surface area contributed by atoms with E-state index in [1.54, 1.807) is 6.07 Å². The van der Waals surface area contributed by atoms with Crippen LogP contribution in [-0.2, 0) is 6.18 Å². The molecule has 9 heteroatoms. The lowest BCUT2D eigenvalue weighted by Crippen LogP contribution is -2.47. The summed E-state index contributed by atoms with van der Waals surface area (Å²) < 4.78 is 39.4. The van der Waals surface area contributed by atoms with E-state index in [1.165, 1.54) is 43.1 Å². The molecule has 3 rings (SSSR count). The highest BCUT2D eigenvalue weighted by molar-refractivity contribution is 5.97. The van der Waals surface area contributed by atoms with Crippen molar-refractivity contribution in [2.24, 2.45) is 0 Å². The van der Waals surface area contributed by atoms with Crippen LogP contribution in [-0.4, -0.2) is 18.0 Å². The summed E-state index contributed by atoms with van der Waals surface area (Å²) in [4.78, 5) is 15.4. The number of carbonyl (C=O) groups excluding carboxylic acids is 1. The van der Waals surface area contributed by atoms with Gasteiger partial charge < -0.3 is 10.6 Å². The van der Waals surface area contributed by atoms with Crippen LogP contribution in [0.15, 0.2) is 53.7 Å². The van der Waals surface area contributed by atoms with Gasteiger partial charge in [0, 0.05) is 24.0 Å². The van der Waals surface area contributed by atoms with Crippen molar-refractivity contribution in [2.75, 3.05) is 17.7 Å². The summed E-state index contributed by atoms with van der Waals surface area (Å²) in [5.41, 5.74) is 6.51. The molecule has 1 aliphatic heterocycles. The van der Waals surface area contributed by atoms with E-state index >= 15 is 0 Å². The highest BCUT2D eigenvalue weighted by Gasteiger charge is 2.39. The highest BCUT2D eigenvalue weighted by atomic mass is 19.4. The second-order valence-corrected chi connectivity index (χ2v) is 6.75. The lowest BCUT2D eigenvalue weighted by molar-refractivity contribution is -0.137. The van der Waals surface area contributed by atoms with Gasteiger partial charge in [-0.3, -0.25) is 4.90 Å². The summed E-state index contributed by atoms with van der Waals surface area (Å²) in [6.45, 7) is 1.50. The van der Waals surface area contributed by atoms with Crippen molar-refractivity contribution in [1.29, 1.82) is 10.5 Å². The molecule has 0 radical (unpaired) electrons. The third-order valence-electron chi connectivity index (χ3n) is 4.94. The second kappa shape index (κ2) is 7.45. The highest BCUT2D eigenvalue weighted by Crippen LogP contribution is 2.41. The number of nitrogen functional groups attached to an aromatic ring is 1. The van der Waals surface area contributed by atoms with E-state index in [-0.39, 0.29) is 22.6 Å². The van der Waals surface area contributed by atoms with E-state index in [4.69, 9.17) is 11.0 Å². The normalized spacial score (nSPS) is 17.0. The van der Waals surface area contributed by atoms with E-state index in [0.717, 1.165) is 17.0 Å². The number of likely N-dealkylation sites (N-methyl/N-ethyl adjacent to an activating group) is 1. The molecule has 30 heavy (non-hydrogen) atoms. The quantitative estimate of drug-likeness (QED) is 0.732. The Morgan fingerprint density at radius 2 is 1.80 bits per heavy atom. The third-order valence-corrected chi connectivity index (χ3v) is 4.94. The number of amides is 2. The van der Waals surface area contributed by atoms with Gasteiger partial charge in [-0.1, -0.05) is 12.1 Å². The number of anilines is 2. The zero-order valence-corrected chi connectivity index (χ0v) is 16.0. The molecule has 0 saturated heterocycles. The smallest absolute Gasteiger partial charge is 0.398 e. The molecule has 0 unspecified atom stereocenters. The fourth-order valence-corrected chi connectivity index (χ4v) is 3.45. The lowest BCUT2D eigenvalue weighted by Gasteiger charge is -2.40. The first-order valence-corrected chi connectivity index (χ1v) is 8.74. The molecule has 1 atom stereocenters. The Labute approximate surface area is 170 Å². The van der Waals surface area contributed by atoms with E-state index in [2.05, 4.69) is 6.07 Å². The van der Waals surface area contributed by atoms with Gasteiger partial charge in [-0.25, -0.2) is 4.79 Å². The number of nitriles is 2. The lowest BCUT2D eigenvalue weighted by atomic mass is 9.92. The molecule has 6 nitrogen and oxygen atoms in total. The molecule has 1 heterocycles. The molecule has 2 aromatic carbocycles. The summed E-state index contributed by atoms with van der Waals surface area (Å²) in [6, 6.07) is 11.4. The number of benzene rings is 2. The van der Waals surface area contributed by atoms with Crippen LogP contribution in [0.3, 0.4) is 0 Å². The van der Waals surface area contributed by atoms with Crippen molar-refractivity contribution in [1.82, 2.24) is 4.90 Å². The fourth-order valence-electron chi connectivity index (χ4n) is 3.45. The largest absolute Gasteiger partial charge is 0.416 e. The number of urea groups is 1. The molecule has 0 bridgehead atoms. The minimum atomic E-state index is -4.57. The van der Waals surface area contributed by atoms with Crippen molar-refractivity contribution in [3.05, 3.63) is 70.4 Å². The summed E-state index contributed by atoms with van der Waals surface area (Å²) in [5.74, 6) is 0. The third kappa shape index (κ3) is 3.42. The SMILES string of the molecule is CC1=C(C#N)[C@@H](c2ccc(C#N)cc2N)N(C)C(=O)N1c1cccc(C(F)(F)F)c1. The topological polar surface area (TPSA) is 97.1 Å². The summed E-state index contributed by atoms with van der Waals surface area (Å²) in [6.07, 6.45) is -4.57. The van der Waals surface area contributed by atoms with Crippen LogP contribution in [0.2, 0.25) is 0 Å². The number of hydrogen-bond donors (Lipinski definition) is 1. The minimum absolute atomic E-state index is 0.00169. The van der Waals surface area contributed by atoms with E-state index < -0.39 is 23.8 Å². The number of alkyl halides is 3. The van der Waals surface area contributed by atoms with Crippen LogP contribution in [0.1, 0.15) is 29.7 Å². The maximum absolute atomic E-state index is 13.1. The Bertz CT molecular complexity index is 1140. The number of carbonyl (C=O) groups is 1. The zero-order valence-electron chi connectivity index (χ0n) is 16.0. The zero-order chi connectivity index (χ0) is 22.2. The second-order valence-electron chi connectivity index (χ2n) is 6.75. The Morgan fingerprint density at radius 3 is 2.37 bits per heavy atom. The van der Waals surface area contributed by atoms with Gasteiger partial charge in [0.15, 0.2) is 0 Å². The molecule has 2 aromatic rings. The Balaban J connectivity index is 2.16. The molecular weight excluding hydrogens is 395 g/mol. The van der Waals surface area contributed by atoms with E-state index in [0.29, 0.717) is 11.1 Å². The van der Waals surface area contributed by atoms with Crippen molar-refractivity contribution in [2.45, 2.75) is 19.1 Å². The van der Waals surface area contributed by atoms with Gasteiger partial charge in [-0.05, 0) is 37.3 Å². The average Bonchev–Trinajstić information content (AvgIpc) is 2.70. The van der Waals surface area contributed by atoms with E-state index in [9.17, 15) is 23.2 Å². The number of rotatable bonds is 2. The Hall–Kier alpha value is -3.98. The number of hydrogen-bond acceptors (Lipinski definition) is 4. The van der Waals surface area contributed by atoms with Crippen molar-refractivity contribution < 1.29 is 18.0 Å². The van der Waals surface area contributed by atoms with Gasteiger partial charge in [0.25, 0.3) is 0 Å². The predicted octanol–water partition coefficient (Wildman–Crippen LogP) is 4.57. The maximum Gasteiger partial charge on any atom is 0.416 e. The van der Waals surface area contributed by atoms with Gasteiger partial charge in [-0.15, -0.1) is 0 Å². The molecule has 2 N–H and O–H groups in total. The first-order valence-electron chi connectivity index (χ1n) is 8.74. The number of nitrogens with zero attached hydrogens (tertiary/aromatic N) is 4. The molecule has 0 aromatic heterocycles. The molecule has 0 fully saturated rings. The number of allylic oxidation sites excluding steroid dienone is 1. The van der Waals surface area contributed by atoms with Crippen LogP contribution in [0.5, 0.6) is 0 Å². The molecular formula is C21H16F3N5O. The average molecular weight is 411 g/mol. The Morgan fingerprint density at radius 1 is 1.10 bits per heavy atom. The molecule has 0 aliphatic carbocycles. The number of nitrogens with two attached hydrogens (primary N) is 1. The van der Waals surface area contributed by atoms with Crippen molar-refractivity contribution in [3.63, 3.8) is 0 Å². The first-order chi connectivity index (χ1) is 14.1. The molecule has 1 aliphatic rings. The van der Waals surface area contributed by atoms with Gasteiger partial charge in [0.05, 0.1) is 40.6 Å². The van der Waals surface area contributed by atoms with Crippen LogP contribution < -0.4 is 10.6 Å². The van der Waals surface area contributed by atoms with Gasteiger partial charge in [-0.2, -0.15) is 23.7 Å². The summed E-state index contributed by atoms with van der Waals surface area (Å²) >= 11 is 0.